The second kappa shape index (κ2) is 8.31. The van der Waals surface area contributed by atoms with Crippen molar-refractivity contribution in [1.82, 2.24) is 9.88 Å². The molecule has 1 amide bonds. The molecule has 2 N–H and O–H groups in total. The number of carbonyl (C=O) groups excluding carboxylic acids is 1. The molecule has 168 valence electrons. The minimum Gasteiger partial charge on any atom is -0.496 e. The summed E-state index contributed by atoms with van der Waals surface area (Å²) in [6, 6.07) is 8.99. The number of benzene rings is 2. The van der Waals surface area contributed by atoms with Crippen LogP contribution in [0.2, 0.25) is 0 Å². The molecule has 0 saturated carbocycles. The van der Waals surface area contributed by atoms with Gasteiger partial charge in [-0.2, -0.15) is 0 Å². The number of amides is 1. The number of halogens is 3. The first kappa shape index (κ1) is 21.9. The van der Waals surface area contributed by atoms with E-state index < -0.39 is 23.4 Å². The number of hydrogen-bond donors (Lipinski definition) is 2. The third-order valence-corrected chi connectivity index (χ3v) is 5.73. The molecule has 2 aromatic carbocycles. The second-order valence-corrected chi connectivity index (χ2v) is 7.81. The fraction of sp³-hybridized carbons (Fsp3) is 0.304. The molecule has 1 aliphatic heterocycles. The Kier molecular flexibility index (Phi) is 5.68. The first-order valence-electron chi connectivity index (χ1n) is 9.98. The summed E-state index contributed by atoms with van der Waals surface area (Å²) in [7, 11) is 1.48. The molecular formula is C23H22F3N3O3. The summed E-state index contributed by atoms with van der Waals surface area (Å²) in [5.74, 6) is -0.640. The van der Waals surface area contributed by atoms with Crippen molar-refractivity contribution in [2.45, 2.75) is 25.5 Å². The maximum absolute atomic E-state index is 14.4. The highest BCUT2D eigenvalue weighted by molar-refractivity contribution is 5.93. The number of nitrogens with zero attached hydrogens (tertiary/aromatic N) is 2. The molecule has 3 aromatic rings. The van der Waals surface area contributed by atoms with Crippen LogP contribution in [0.15, 0.2) is 42.6 Å². The Bertz CT molecular complexity index is 1180. The second-order valence-electron chi connectivity index (χ2n) is 7.81. The fourth-order valence-corrected chi connectivity index (χ4v) is 3.93. The van der Waals surface area contributed by atoms with Gasteiger partial charge in [0, 0.05) is 47.9 Å². The molecule has 32 heavy (non-hydrogen) atoms. The zero-order valence-electron chi connectivity index (χ0n) is 17.5. The highest BCUT2D eigenvalue weighted by Gasteiger charge is 2.46. The largest absolute Gasteiger partial charge is 0.496 e. The van der Waals surface area contributed by atoms with E-state index in [1.54, 1.807) is 24.4 Å². The van der Waals surface area contributed by atoms with Gasteiger partial charge in [0.05, 0.1) is 31.3 Å². The summed E-state index contributed by atoms with van der Waals surface area (Å²) in [6.45, 7) is 1.69. The average molecular weight is 445 g/mol. The molecule has 0 spiro atoms. The first-order chi connectivity index (χ1) is 15.2. The number of anilines is 1. The Morgan fingerprint density at radius 3 is 2.72 bits per heavy atom. The third-order valence-electron chi connectivity index (χ3n) is 5.73. The van der Waals surface area contributed by atoms with Crippen LogP contribution in [-0.4, -0.2) is 41.1 Å². The number of pyridine rings is 1. The van der Waals surface area contributed by atoms with E-state index in [0.29, 0.717) is 27.9 Å². The van der Waals surface area contributed by atoms with Crippen LogP contribution in [0.5, 0.6) is 5.75 Å². The van der Waals surface area contributed by atoms with Gasteiger partial charge < -0.3 is 20.1 Å². The molecule has 0 aliphatic carbocycles. The fourth-order valence-electron chi connectivity index (χ4n) is 3.93. The van der Waals surface area contributed by atoms with Crippen molar-refractivity contribution in [3.8, 4) is 5.75 Å². The molecule has 9 heteroatoms. The molecule has 2 heterocycles. The van der Waals surface area contributed by atoms with E-state index in [0.717, 1.165) is 6.07 Å². The van der Waals surface area contributed by atoms with Crippen LogP contribution in [0.1, 0.15) is 30.0 Å². The molecule has 0 bridgehead atoms. The molecule has 0 radical (unpaired) electrons. The third kappa shape index (κ3) is 3.84. The molecule has 1 fully saturated rings. The van der Waals surface area contributed by atoms with Gasteiger partial charge in [0.1, 0.15) is 17.2 Å². The van der Waals surface area contributed by atoms with Crippen LogP contribution in [0.4, 0.5) is 18.9 Å². The first-order valence-corrected chi connectivity index (χ1v) is 9.98. The van der Waals surface area contributed by atoms with E-state index in [1.807, 2.05) is 0 Å². The lowest BCUT2D eigenvalue weighted by Crippen LogP contribution is -2.60. The smallest absolute Gasteiger partial charge is 0.266 e. The van der Waals surface area contributed by atoms with E-state index in [9.17, 15) is 23.1 Å². The Hall–Kier alpha value is -3.33. The standard InChI is InChI=1S/C23H22F3N3O3/c1-13(30)29-11-23(31,12-29)17-8-16-18(6-7-27-19(16)9-20(17)32-2)28-10-14-4-3-5-15(21(14)24)22(25)26/h3-9,22,31H,10-12H2,1-2H3,(H,27,28). The van der Waals surface area contributed by atoms with Gasteiger partial charge in [-0.25, -0.2) is 13.2 Å². The number of aliphatic hydroxyl groups is 1. The van der Waals surface area contributed by atoms with Crippen LogP contribution in [0, 0.1) is 5.82 Å². The summed E-state index contributed by atoms with van der Waals surface area (Å²) < 4.78 is 45.8. The Morgan fingerprint density at radius 2 is 2.06 bits per heavy atom. The predicted octanol–water partition coefficient (Wildman–Crippen LogP) is 3.98. The number of aromatic nitrogens is 1. The predicted molar refractivity (Wildman–Crippen MR) is 113 cm³/mol. The van der Waals surface area contributed by atoms with Gasteiger partial charge in [-0.3, -0.25) is 9.78 Å². The van der Waals surface area contributed by atoms with Crippen molar-refractivity contribution in [1.29, 1.82) is 0 Å². The summed E-state index contributed by atoms with van der Waals surface area (Å²) >= 11 is 0. The van der Waals surface area contributed by atoms with E-state index in [1.165, 1.54) is 31.1 Å². The number of carbonyl (C=O) groups is 1. The zero-order valence-corrected chi connectivity index (χ0v) is 17.5. The number of rotatable bonds is 6. The van der Waals surface area contributed by atoms with Crippen LogP contribution >= 0.6 is 0 Å². The summed E-state index contributed by atoms with van der Waals surface area (Å²) in [5, 5.41) is 14.8. The SMILES string of the molecule is COc1cc2nccc(NCc3cccc(C(F)F)c3F)c2cc1C1(O)CN(C(C)=O)C1. The van der Waals surface area contributed by atoms with Gasteiger partial charge in [-0.05, 0) is 12.1 Å². The number of nitrogens with one attached hydrogen (secondary N) is 1. The summed E-state index contributed by atoms with van der Waals surface area (Å²) in [4.78, 5) is 17.4. The lowest BCUT2D eigenvalue weighted by Gasteiger charge is -2.46. The van der Waals surface area contributed by atoms with E-state index in [-0.39, 0.29) is 31.1 Å². The summed E-state index contributed by atoms with van der Waals surface area (Å²) in [5.41, 5.74) is -0.132. The van der Waals surface area contributed by atoms with Crippen molar-refractivity contribution in [3.63, 3.8) is 0 Å². The number of alkyl halides is 2. The maximum Gasteiger partial charge on any atom is 0.266 e. The molecule has 0 atom stereocenters. The highest BCUT2D eigenvalue weighted by Crippen LogP contribution is 2.40. The van der Waals surface area contributed by atoms with Crippen molar-refractivity contribution < 1.29 is 27.8 Å². The van der Waals surface area contributed by atoms with Crippen molar-refractivity contribution >= 4 is 22.5 Å². The minimum atomic E-state index is -2.90. The number of hydrogen-bond acceptors (Lipinski definition) is 5. The van der Waals surface area contributed by atoms with Crippen LogP contribution in [0.25, 0.3) is 10.9 Å². The minimum absolute atomic E-state index is 0.0186. The molecule has 1 aromatic heterocycles. The van der Waals surface area contributed by atoms with Gasteiger partial charge in [0.15, 0.2) is 0 Å². The molecule has 0 unspecified atom stereocenters. The quantitative estimate of drug-likeness (QED) is 0.601. The number of ether oxygens (including phenoxy) is 1. The van der Waals surface area contributed by atoms with Gasteiger partial charge in [-0.15, -0.1) is 0 Å². The Balaban J connectivity index is 1.68. The van der Waals surface area contributed by atoms with Gasteiger partial charge in [-0.1, -0.05) is 18.2 Å². The van der Waals surface area contributed by atoms with Gasteiger partial charge in [0.2, 0.25) is 5.91 Å². The molecule has 4 rings (SSSR count). The Morgan fingerprint density at radius 1 is 1.31 bits per heavy atom. The van der Waals surface area contributed by atoms with Crippen LogP contribution in [0.3, 0.4) is 0 Å². The molecule has 6 nitrogen and oxygen atoms in total. The number of β-amino-alcohol motifs (C(OH)–C–C–N with tert-alkyl or cyclic N) is 1. The molecule has 1 saturated heterocycles. The van der Waals surface area contributed by atoms with Crippen molar-refractivity contribution in [2.24, 2.45) is 0 Å². The van der Waals surface area contributed by atoms with Gasteiger partial charge in [0.25, 0.3) is 6.43 Å². The van der Waals surface area contributed by atoms with Crippen LogP contribution in [-0.2, 0) is 16.9 Å². The maximum atomic E-state index is 14.4. The van der Waals surface area contributed by atoms with Gasteiger partial charge >= 0.3 is 0 Å². The van der Waals surface area contributed by atoms with Crippen molar-refractivity contribution in [2.75, 3.05) is 25.5 Å². The molecule has 1 aliphatic rings. The monoisotopic (exact) mass is 445 g/mol. The van der Waals surface area contributed by atoms with Crippen LogP contribution < -0.4 is 10.1 Å². The average Bonchev–Trinajstić information content (AvgIpc) is 2.74. The van der Waals surface area contributed by atoms with E-state index >= 15 is 0 Å². The highest BCUT2D eigenvalue weighted by atomic mass is 19.3. The topological polar surface area (TPSA) is 74.7 Å². The lowest BCUT2D eigenvalue weighted by molar-refractivity contribution is -0.155. The lowest BCUT2D eigenvalue weighted by atomic mass is 9.84. The number of likely N-dealkylation sites (tertiary alicyclic amines) is 1. The number of methoxy groups -OCH3 is 1. The van der Waals surface area contributed by atoms with E-state index in [2.05, 4.69) is 10.3 Å². The number of fused-ring (bicyclic) bond motifs is 1. The van der Waals surface area contributed by atoms with E-state index in [4.69, 9.17) is 4.74 Å². The Labute approximate surface area is 182 Å². The zero-order chi connectivity index (χ0) is 23.0. The molecular weight excluding hydrogens is 423 g/mol. The van der Waals surface area contributed by atoms with Crippen molar-refractivity contribution in [3.05, 3.63) is 65.1 Å². The normalized spacial score (nSPS) is 15.0. The summed E-state index contributed by atoms with van der Waals surface area (Å²) in [6.07, 6.45) is -1.34.